The van der Waals surface area contributed by atoms with Gasteiger partial charge in [0.15, 0.2) is 0 Å². The fraction of sp³-hybridized carbons (Fsp3) is 0.600. The van der Waals surface area contributed by atoms with Crippen LogP contribution in [0.3, 0.4) is 0 Å². The van der Waals surface area contributed by atoms with Crippen molar-refractivity contribution in [2.75, 3.05) is 0 Å². The maximum atomic E-state index is 9.27. The summed E-state index contributed by atoms with van der Waals surface area (Å²) >= 11 is 0. The maximum absolute atomic E-state index is 9.27. The first kappa shape index (κ1) is 10.4. The van der Waals surface area contributed by atoms with Gasteiger partial charge in [-0.25, -0.2) is 0 Å². The molecule has 0 aliphatic rings. The average Bonchev–Trinajstić information content (AvgIpc) is 2.01. The first-order chi connectivity index (χ1) is 5.31. The molecule has 1 heteroatoms. The van der Waals surface area contributed by atoms with Gasteiger partial charge >= 0.3 is 0 Å². The van der Waals surface area contributed by atoms with Crippen LogP contribution >= 0.6 is 0 Å². The first-order valence-electron chi connectivity index (χ1n) is 4.28. The molecule has 1 N–H and O–H groups in total. The lowest BCUT2D eigenvalue weighted by atomic mass is 10.1. The molecule has 0 aromatic rings. The minimum absolute atomic E-state index is 0.278. The summed E-state index contributed by atoms with van der Waals surface area (Å²) in [5, 5.41) is 9.27. The van der Waals surface area contributed by atoms with Crippen molar-refractivity contribution in [3.8, 4) is 0 Å². The number of aliphatic hydroxyl groups excluding tert-OH is 1. The Bertz CT molecular complexity index is 116. The van der Waals surface area contributed by atoms with Crippen LogP contribution in [0, 0.1) is 0 Å². The summed E-state index contributed by atoms with van der Waals surface area (Å²) in [6, 6.07) is 0. The van der Waals surface area contributed by atoms with E-state index in [0.29, 0.717) is 0 Å². The number of rotatable bonds is 6. The van der Waals surface area contributed by atoms with Crippen LogP contribution in [-0.4, -0.2) is 11.2 Å². The van der Waals surface area contributed by atoms with Crippen LogP contribution < -0.4 is 0 Å². The van der Waals surface area contributed by atoms with Crippen molar-refractivity contribution < 1.29 is 5.11 Å². The predicted molar refractivity (Wildman–Crippen MR) is 49.5 cm³/mol. The maximum Gasteiger partial charge on any atom is 0.0723 e. The molecule has 0 spiro atoms. The van der Waals surface area contributed by atoms with Gasteiger partial charge in [0.2, 0.25) is 0 Å². The van der Waals surface area contributed by atoms with Gasteiger partial charge in [0.1, 0.15) is 0 Å². The molecule has 1 unspecified atom stereocenters. The zero-order valence-corrected chi connectivity index (χ0v) is 7.29. The van der Waals surface area contributed by atoms with Gasteiger partial charge in [-0.3, -0.25) is 0 Å². The van der Waals surface area contributed by atoms with E-state index < -0.39 is 0 Å². The minimum atomic E-state index is -0.278. The highest BCUT2D eigenvalue weighted by Gasteiger charge is 1.96. The van der Waals surface area contributed by atoms with Crippen LogP contribution in [0.15, 0.2) is 24.8 Å². The minimum Gasteiger partial charge on any atom is -0.389 e. The molecule has 0 aliphatic carbocycles. The summed E-state index contributed by atoms with van der Waals surface area (Å²) in [5.74, 6) is 0. The van der Waals surface area contributed by atoms with Crippen LogP contribution in [0.4, 0.5) is 0 Å². The van der Waals surface area contributed by atoms with Gasteiger partial charge in [0, 0.05) is 0 Å². The molecule has 11 heavy (non-hydrogen) atoms. The Morgan fingerprint density at radius 3 is 2.73 bits per heavy atom. The highest BCUT2D eigenvalue weighted by atomic mass is 16.3. The lowest BCUT2D eigenvalue weighted by molar-refractivity contribution is 0.208. The van der Waals surface area contributed by atoms with Gasteiger partial charge in [-0.15, -0.1) is 0 Å². The first-order valence-corrected chi connectivity index (χ1v) is 4.28. The summed E-state index contributed by atoms with van der Waals surface area (Å²) in [6.45, 7) is 5.69. The van der Waals surface area contributed by atoms with Crippen molar-refractivity contribution >= 4 is 0 Å². The van der Waals surface area contributed by atoms with Crippen molar-refractivity contribution in [3.05, 3.63) is 24.8 Å². The Balaban J connectivity index is 3.28. The molecule has 0 aliphatic heterocycles. The Morgan fingerprint density at radius 1 is 1.45 bits per heavy atom. The second kappa shape index (κ2) is 7.55. The van der Waals surface area contributed by atoms with E-state index in [1.165, 1.54) is 12.8 Å². The fourth-order valence-corrected chi connectivity index (χ4v) is 0.907. The highest BCUT2D eigenvalue weighted by molar-refractivity contribution is 5.00. The van der Waals surface area contributed by atoms with Gasteiger partial charge in [-0.05, 0) is 6.42 Å². The van der Waals surface area contributed by atoms with E-state index in [1.807, 2.05) is 0 Å². The van der Waals surface area contributed by atoms with Crippen molar-refractivity contribution in [3.63, 3.8) is 0 Å². The zero-order valence-electron chi connectivity index (χ0n) is 7.29. The summed E-state index contributed by atoms with van der Waals surface area (Å²) in [7, 11) is 0. The predicted octanol–water partition coefficient (Wildman–Crippen LogP) is 2.67. The van der Waals surface area contributed by atoms with Crippen LogP contribution in [0.1, 0.15) is 32.6 Å². The van der Waals surface area contributed by atoms with Gasteiger partial charge in [-0.2, -0.15) is 0 Å². The third-order valence-corrected chi connectivity index (χ3v) is 1.57. The van der Waals surface area contributed by atoms with Crippen molar-refractivity contribution in [2.45, 2.75) is 38.7 Å². The molecule has 0 rings (SSSR count). The molecule has 0 aromatic carbocycles. The monoisotopic (exact) mass is 154 g/mol. The van der Waals surface area contributed by atoms with E-state index in [0.717, 1.165) is 12.8 Å². The van der Waals surface area contributed by atoms with Gasteiger partial charge < -0.3 is 5.11 Å². The van der Waals surface area contributed by atoms with E-state index in [-0.39, 0.29) is 6.10 Å². The lowest BCUT2D eigenvalue weighted by Gasteiger charge is -2.02. The third-order valence-electron chi connectivity index (χ3n) is 1.57. The SMILES string of the molecule is C=C/C=C/C(O)CCCCC. The highest BCUT2D eigenvalue weighted by Crippen LogP contribution is 2.03. The Kier molecular flexibility index (Phi) is 7.16. The molecule has 0 heterocycles. The van der Waals surface area contributed by atoms with Crippen molar-refractivity contribution in [2.24, 2.45) is 0 Å². The lowest BCUT2D eigenvalue weighted by Crippen LogP contribution is -2.00. The van der Waals surface area contributed by atoms with Gasteiger partial charge in [-0.1, -0.05) is 51.0 Å². The van der Waals surface area contributed by atoms with E-state index in [4.69, 9.17) is 0 Å². The molecule has 1 nitrogen and oxygen atoms in total. The average molecular weight is 154 g/mol. The van der Waals surface area contributed by atoms with Gasteiger partial charge in [0.25, 0.3) is 0 Å². The molecule has 0 saturated heterocycles. The molecule has 0 fully saturated rings. The molecule has 64 valence electrons. The molecule has 1 atom stereocenters. The summed E-state index contributed by atoms with van der Waals surface area (Å²) in [5.41, 5.74) is 0. The largest absolute Gasteiger partial charge is 0.389 e. The third kappa shape index (κ3) is 7.34. The summed E-state index contributed by atoms with van der Waals surface area (Å²) in [4.78, 5) is 0. The smallest absolute Gasteiger partial charge is 0.0723 e. The number of hydrogen-bond acceptors (Lipinski definition) is 1. The van der Waals surface area contributed by atoms with Gasteiger partial charge in [0.05, 0.1) is 6.10 Å². The van der Waals surface area contributed by atoms with E-state index in [2.05, 4.69) is 13.5 Å². The van der Waals surface area contributed by atoms with Crippen LogP contribution in [-0.2, 0) is 0 Å². The zero-order chi connectivity index (χ0) is 8.53. The quantitative estimate of drug-likeness (QED) is 0.460. The van der Waals surface area contributed by atoms with Crippen LogP contribution in [0.25, 0.3) is 0 Å². The standard InChI is InChI=1S/C10H18O/c1-3-5-7-9-10(11)8-6-4-2/h4,6,8,10-11H,2-3,5,7,9H2,1H3/b8-6+. The fourth-order valence-electron chi connectivity index (χ4n) is 0.907. The second-order valence-electron chi connectivity index (χ2n) is 2.68. The summed E-state index contributed by atoms with van der Waals surface area (Å²) < 4.78 is 0. The van der Waals surface area contributed by atoms with Crippen molar-refractivity contribution in [1.29, 1.82) is 0 Å². The molecule has 0 saturated carbocycles. The Labute approximate surface area is 69.4 Å². The molecular weight excluding hydrogens is 136 g/mol. The molecule has 0 aromatic heterocycles. The molecular formula is C10H18O. The normalized spacial score (nSPS) is 13.6. The molecule has 0 radical (unpaired) electrons. The van der Waals surface area contributed by atoms with Crippen LogP contribution in [0.5, 0.6) is 0 Å². The Morgan fingerprint density at radius 2 is 2.18 bits per heavy atom. The number of allylic oxidation sites excluding steroid dienone is 2. The summed E-state index contributed by atoms with van der Waals surface area (Å²) in [6.07, 6.45) is 9.37. The molecule has 0 amide bonds. The van der Waals surface area contributed by atoms with E-state index >= 15 is 0 Å². The van der Waals surface area contributed by atoms with Crippen molar-refractivity contribution in [1.82, 2.24) is 0 Å². The second-order valence-corrected chi connectivity index (χ2v) is 2.68. The topological polar surface area (TPSA) is 20.2 Å². The number of aliphatic hydroxyl groups is 1. The number of unbranched alkanes of at least 4 members (excludes halogenated alkanes) is 2. The Hall–Kier alpha value is -0.560. The van der Waals surface area contributed by atoms with Crippen LogP contribution in [0.2, 0.25) is 0 Å². The number of hydrogen-bond donors (Lipinski definition) is 1. The van der Waals surface area contributed by atoms with E-state index in [9.17, 15) is 5.11 Å². The molecule has 0 bridgehead atoms. The van der Waals surface area contributed by atoms with E-state index in [1.54, 1.807) is 18.2 Å².